The van der Waals surface area contributed by atoms with Crippen LogP contribution in [0.4, 0.5) is 0 Å². The maximum absolute atomic E-state index is 6.31. The van der Waals surface area contributed by atoms with Crippen molar-refractivity contribution in [1.82, 2.24) is 9.55 Å². The summed E-state index contributed by atoms with van der Waals surface area (Å²) in [6.07, 6.45) is 2.92. The Morgan fingerprint density at radius 1 is 1.30 bits per heavy atom. The molecule has 1 aromatic heterocycles. The molecule has 0 radical (unpaired) electrons. The van der Waals surface area contributed by atoms with Crippen molar-refractivity contribution in [3.05, 3.63) is 30.1 Å². The highest BCUT2D eigenvalue weighted by atomic mass is 16.5. The molecular formula is C16H25N3O. The van der Waals surface area contributed by atoms with Crippen molar-refractivity contribution in [3.63, 3.8) is 0 Å². The van der Waals surface area contributed by atoms with Gasteiger partial charge in [0.05, 0.1) is 17.1 Å². The second kappa shape index (κ2) is 6.86. The summed E-state index contributed by atoms with van der Waals surface area (Å²) in [5, 5.41) is 0. The second-order valence-corrected chi connectivity index (χ2v) is 5.19. The number of nitrogens with zero attached hydrogens (tertiary/aromatic N) is 2. The fraction of sp³-hybridized carbons (Fsp3) is 0.562. The van der Waals surface area contributed by atoms with E-state index in [0.717, 1.165) is 37.1 Å². The Bertz CT molecular complexity index is 550. The number of rotatable bonds is 7. The number of fused-ring (bicyclic) bond motifs is 1. The second-order valence-electron chi connectivity index (χ2n) is 5.19. The predicted molar refractivity (Wildman–Crippen MR) is 82.8 cm³/mol. The number of ether oxygens (including phenoxy) is 1. The minimum atomic E-state index is -0.0120. The number of imidazole rings is 1. The maximum atomic E-state index is 6.31. The first-order chi connectivity index (χ1) is 9.71. The summed E-state index contributed by atoms with van der Waals surface area (Å²) >= 11 is 0. The average molecular weight is 275 g/mol. The molecule has 0 aliphatic rings. The molecule has 1 heterocycles. The summed E-state index contributed by atoms with van der Waals surface area (Å²) in [5.74, 6) is 1.05. The Hall–Kier alpha value is -1.39. The number of benzene rings is 1. The van der Waals surface area contributed by atoms with Crippen molar-refractivity contribution in [1.29, 1.82) is 0 Å². The zero-order valence-electron chi connectivity index (χ0n) is 12.7. The van der Waals surface area contributed by atoms with Crippen LogP contribution in [0.5, 0.6) is 0 Å². The Labute approximate surface area is 120 Å². The van der Waals surface area contributed by atoms with E-state index < -0.39 is 0 Å². The topological polar surface area (TPSA) is 53.1 Å². The molecule has 1 aromatic carbocycles. The van der Waals surface area contributed by atoms with Gasteiger partial charge in [-0.05, 0) is 25.5 Å². The quantitative estimate of drug-likeness (QED) is 0.845. The van der Waals surface area contributed by atoms with Crippen LogP contribution in [0.3, 0.4) is 0 Å². The van der Waals surface area contributed by atoms with Gasteiger partial charge >= 0.3 is 0 Å². The molecule has 110 valence electrons. The highest BCUT2D eigenvalue weighted by Gasteiger charge is 2.20. The van der Waals surface area contributed by atoms with Crippen molar-refractivity contribution in [2.24, 2.45) is 5.73 Å². The van der Waals surface area contributed by atoms with Crippen LogP contribution in [0, 0.1) is 0 Å². The fourth-order valence-corrected chi connectivity index (χ4v) is 2.77. The molecule has 2 aromatic rings. The molecule has 0 spiro atoms. The molecule has 0 aliphatic heterocycles. The van der Waals surface area contributed by atoms with Crippen molar-refractivity contribution < 1.29 is 4.74 Å². The van der Waals surface area contributed by atoms with Crippen molar-refractivity contribution in [2.75, 3.05) is 7.11 Å². The van der Waals surface area contributed by atoms with Gasteiger partial charge in [-0.15, -0.1) is 0 Å². The van der Waals surface area contributed by atoms with E-state index in [4.69, 9.17) is 15.5 Å². The summed E-state index contributed by atoms with van der Waals surface area (Å²) in [6.45, 7) is 5.21. The van der Waals surface area contributed by atoms with Gasteiger partial charge in [-0.1, -0.05) is 25.5 Å². The third-order valence-electron chi connectivity index (χ3n) is 3.82. The molecule has 0 fully saturated rings. The molecule has 0 amide bonds. The summed E-state index contributed by atoms with van der Waals surface area (Å²) in [5.41, 5.74) is 8.54. The van der Waals surface area contributed by atoms with Crippen LogP contribution in [0.25, 0.3) is 11.0 Å². The summed E-state index contributed by atoms with van der Waals surface area (Å²) in [7, 11) is 1.74. The first-order valence-electron chi connectivity index (χ1n) is 7.43. The van der Waals surface area contributed by atoms with Gasteiger partial charge in [-0.25, -0.2) is 4.98 Å². The summed E-state index contributed by atoms with van der Waals surface area (Å²) in [4.78, 5) is 4.73. The smallest absolute Gasteiger partial charge is 0.111 e. The van der Waals surface area contributed by atoms with E-state index in [1.165, 1.54) is 5.52 Å². The summed E-state index contributed by atoms with van der Waals surface area (Å²) in [6, 6.07) is 8.22. The van der Waals surface area contributed by atoms with E-state index in [9.17, 15) is 0 Å². The van der Waals surface area contributed by atoms with Crippen LogP contribution in [0.15, 0.2) is 24.3 Å². The molecule has 4 nitrogen and oxygen atoms in total. The van der Waals surface area contributed by atoms with Gasteiger partial charge < -0.3 is 15.0 Å². The minimum absolute atomic E-state index is 0.0120. The highest BCUT2D eigenvalue weighted by molar-refractivity contribution is 5.75. The molecule has 2 rings (SSSR count). The Morgan fingerprint density at radius 2 is 2.05 bits per heavy atom. The number of hydrogen-bond donors (Lipinski definition) is 1. The lowest BCUT2D eigenvalue weighted by atomic mass is 10.0. The molecule has 2 unspecified atom stereocenters. The lowest BCUT2D eigenvalue weighted by molar-refractivity contribution is 0.0719. The standard InChI is InChI=1S/C16H25N3O/c1-4-8-15(20-3)12(17)11-16-18-13-9-6-7-10-14(13)19(16)5-2/h6-7,9-10,12,15H,4-5,8,11,17H2,1-3H3. The molecule has 0 saturated heterocycles. The first kappa shape index (κ1) is 15.0. The van der Waals surface area contributed by atoms with E-state index in [2.05, 4.69) is 36.6 Å². The Kier molecular flexibility index (Phi) is 5.15. The van der Waals surface area contributed by atoms with Crippen LogP contribution < -0.4 is 5.73 Å². The monoisotopic (exact) mass is 275 g/mol. The van der Waals surface area contributed by atoms with E-state index in [1.807, 2.05) is 6.07 Å². The first-order valence-corrected chi connectivity index (χ1v) is 7.43. The Morgan fingerprint density at radius 3 is 2.70 bits per heavy atom. The van der Waals surface area contributed by atoms with E-state index >= 15 is 0 Å². The lowest BCUT2D eigenvalue weighted by Crippen LogP contribution is -2.38. The van der Waals surface area contributed by atoms with Gasteiger partial charge in [-0.3, -0.25) is 0 Å². The van der Waals surface area contributed by atoms with E-state index in [-0.39, 0.29) is 12.1 Å². The highest BCUT2D eigenvalue weighted by Crippen LogP contribution is 2.18. The minimum Gasteiger partial charge on any atom is -0.380 e. The summed E-state index contributed by atoms with van der Waals surface area (Å²) < 4.78 is 7.75. The zero-order chi connectivity index (χ0) is 14.5. The predicted octanol–water partition coefficient (Wildman–Crippen LogP) is 2.74. The maximum Gasteiger partial charge on any atom is 0.111 e. The lowest BCUT2D eigenvalue weighted by Gasteiger charge is -2.22. The van der Waals surface area contributed by atoms with Crippen molar-refractivity contribution in [2.45, 2.75) is 51.8 Å². The van der Waals surface area contributed by atoms with E-state index in [1.54, 1.807) is 7.11 Å². The zero-order valence-corrected chi connectivity index (χ0v) is 12.7. The molecule has 20 heavy (non-hydrogen) atoms. The molecule has 4 heteroatoms. The van der Waals surface area contributed by atoms with Crippen LogP contribution in [0.1, 0.15) is 32.5 Å². The van der Waals surface area contributed by atoms with Gasteiger partial charge in [0.1, 0.15) is 5.82 Å². The van der Waals surface area contributed by atoms with Crippen molar-refractivity contribution >= 4 is 11.0 Å². The average Bonchev–Trinajstić information content (AvgIpc) is 2.81. The number of methoxy groups -OCH3 is 1. The third-order valence-corrected chi connectivity index (χ3v) is 3.82. The number of para-hydroxylation sites is 2. The fourth-order valence-electron chi connectivity index (χ4n) is 2.77. The number of aryl methyl sites for hydroxylation is 1. The van der Waals surface area contributed by atoms with Gasteiger partial charge in [0.15, 0.2) is 0 Å². The van der Waals surface area contributed by atoms with Crippen LogP contribution in [-0.2, 0) is 17.7 Å². The van der Waals surface area contributed by atoms with Gasteiger partial charge in [0, 0.05) is 26.1 Å². The van der Waals surface area contributed by atoms with Crippen LogP contribution in [0.2, 0.25) is 0 Å². The van der Waals surface area contributed by atoms with Crippen molar-refractivity contribution in [3.8, 4) is 0 Å². The number of nitrogens with two attached hydrogens (primary N) is 1. The molecule has 2 atom stereocenters. The molecule has 0 saturated carbocycles. The van der Waals surface area contributed by atoms with Gasteiger partial charge in [-0.2, -0.15) is 0 Å². The Balaban J connectivity index is 2.24. The third kappa shape index (κ3) is 3.02. The van der Waals surface area contributed by atoms with Gasteiger partial charge in [0.2, 0.25) is 0 Å². The molecule has 0 aliphatic carbocycles. The largest absolute Gasteiger partial charge is 0.380 e. The van der Waals surface area contributed by atoms with Gasteiger partial charge in [0.25, 0.3) is 0 Å². The number of aromatic nitrogens is 2. The number of hydrogen-bond acceptors (Lipinski definition) is 3. The molecule has 0 bridgehead atoms. The molecular weight excluding hydrogens is 250 g/mol. The normalized spacial score (nSPS) is 14.6. The van der Waals surface area contributed by atoms with Crippen LogP contribution >= 0.6 is 0 Å². The molecule has 2 N–H and O–H groups in total. The van der Waals surface area contributed by atoms with E-state index in [0.29, 0.717) is 0 Å². The SMILES string of the molecule is CCCC(OC)C(N)Cc1nc2ccccc2n1CC. The van der Waals surface area contributed by atoms with Crippen LogP contribution in [-0.4, -0.2) is 28.8 Å².